The monoisotopic (exact) mass is 436 g/mol. The van der Waals surface area contributed by atoms with Gasteiger partial charge in [0.05, 0.1) is 12.8 Å². The van der Waals surface area contributed by atoms with Crippen molar-refractivity contribution < 1.29 is 29.4 Å². The molecule has 3 aromatic rings. The van der Waals surface area contributed by atoms with E-state index in [1.807, 2.05) is 36.4 Å². The Bertz CT molecular complexity index is 1140. The van der Waals surface area contributed by atoms with E-state index in [2.05, 4.69) is 5.32 Å². The minimum Gasteiger partial charge on any atom is -0.504 e. The van der Waals surface area contributed by atoms with E-state index < -0.39 is 24.0 Å². The van der Waals surface area contributed by atoms with Gasteiger partial charge in [-0.05, 0) is 29.1 Å². The number of methoxy groups -OCH3 is 1. The zero-order valence-corrected chi connectivity index (χ0v) is 17.6. The van der Waals surface area contributed by atoms with E-state index in [0.29, 0.717) is 11.3 Å². The summed E-state index contributed by atoms with van der Waals surface area (Å²) in [5.41, 5.74) is 2.60. The number of hydrogen-bond acceptors (Lipinski definition) is 6. The number of rotatable bonds is 7. The van der Waals surface area contributed by atoms with Crippen molar-refractivity contribution in [2.75, 3.05) is 12.4 Å². The number of carbonyl (C=O) groups excluding carboxylic acids is 2. The Morgan fingerprint density at radius 1 is 1.06 bits per heavy atom. The van der Waals surface area contributed by atoms with Crippen molar-refractivity contribution in [3.8, 4) is 11.5 Å². The molecular weight excluding hydrogens is 412 g/mol. The van der Waals surface area contributed by atoms with Gasteiger partial charge in [0.1, 0.15) is 6.10 Å². The minimum atomic E-state index is -0.843. The Labute approximate surface area is 185 Å². The molecule has 32 heavy (non-hydrogen) atoms. The van der Waals surface area contributed by atoms with E-state index >= 15 is 0 Å². The molecule has 0 unspecified atom stereocenters. The molecule has 166 valence electrons. The quantitative estimate of drug-likeness (QED) is 0.245. The third-order valence-electron chi connectivity index (χ3n) is 4.93. The summed E-state index contributed by atoms with van der Waals surface area (Å²) in [6, 6.07) is 17.8. The number of aromatic hydroxyl groups is 1. The second kappa shape index (κ2) is 10.3. The first kappa shape index (κ1) is 22.6. The van der Waals surface area contributed by atoms with Crippen molar-refractivity contribution >= 4 is 28.5 Å². The lowest BCUT2D eigenvalue weighted by Crippen LogP contribution is -2.22. The maximum Gasteiger partial charge on any atom is 0.412 e. The molecule has 0 saturated heterocycles. The number of fused-ring (bicyclic) bond motifs is 1. The van der Waals surface area contributed by atoms with Crippen molar-refractivity contribution in [3.05, 3.63) is 78.4 Å². The molecule has 4 N–H and O–H groups in total. The van der Waals surface area contributed by atoms with Gasteiger partial charge in [0.25, 0.3) is 5.91 Å². The van der Waals surface area contributed by atoms with E-state index in [1.54, 1.807) is 25.1 Å². The third kappa shape index (κ3) is 5.35. The Hall–Kier alpha value is -4.04. The van der Waals surface area contributed by atoms with E-state index in [-0.39, 0.29) is 11.5 Å². The number of anilines is 1. The number of hydroxylamine groups is 1. The van der Waals surface area contributed by atoms with Crippen molar-refractivity contribution in [2.24, 2.45) is 5.92 Å². The molecule has 8 heteroatoms. The summed E-state index contributed by atoms with van der Waals surface area (Å²) in [4.78, 5) is 24.2. The second-order valence-corrected chi connectivity index (χ2v) is 7.10. The van der Waals surface area contributed by atoms with Crippen molar-refractivity contribution in [1.29, 1.82) is 0 Å². The van der Waals surface area contributed by atoms with Gasteiger partial charge in [-0.15, -0.1) is 0 Å². The summed E-state index contributed by atoms with van der Waals surface area (Å²) in [5.74, 6) is -1.03. The van der Waals surface area contributed by atoms with Crippen molar-refractivity contribution in [2.45, 2.75) is 13.0 Å². The summed E-state index contributed by atoms with van der Waals surface area (Å²) < 4.78 is 10.8. The predicted octanol–water partition coefficient (Wildman–Crippen LogP) is 4.54. The SMILES string of the molecule is COc1ccc([C@H](OC(=O)Nc2cccc3ccccc23)[C@H](C)/C=C/C(=O)NO)cc1O. The second-order valence-electron chi connectivity index (χ2n) is 7.10. The van der Waals surface area contributed by atoms with Gasteiger partial charge in [0, 0.05) is 17.4 Å². The largest absolute Gasteiger partial charge is 0.504 e. The van der Waals surface area contributed by atoms with Crippen LogP contribution in [-0.2, 0) is 9.53 Å². The van der Waals surface area contributed by atoms with Gasteiger partial charge in [-0.25, -0.2) is 10.3 Å². The standard InChI is InChI=1S/C24H24N2O6/c1-15(10-13-22(28)26-30)23(17-11-12-21(31-2)20(27)14-17)32-24(29)25-19-9-5-7-16-6-3-4-8-18(16)19/h3-15,23,27,30H,1-2H3,(H,25,29)(H,26,28)/b13-10+/t15-,23-/m1/s1. The highest BCUT2D eigenvalue weighted by Crippen LogP contribution is 2.34. The van der Waals surface area contributed by atoms with Crippen LogP contribution in [0.1, 0.15) is 18.6 Å². The first-order chi connectivity index (χ1) is 15.4. The highest BCUT2D eigenvalue weighted by Gasteiger charge is 2.24. The fourth-order valence-corrected chi connectivity index (χ4v) is 3.33. The summed E-state index contributed by atoms with van der Waals surface area (Å²) in [5, 5.41) is 23.5. The molecule has 3 aromatic carbocycles. The Morgan fingerprint density at radius 2 is 1.81 bits per heavy atom. The molecule has 2 amide bonds. The summed E-state index contributed by atoms with van der Waals surface area (Å²) in [6.45, 7) is 1.73. The highest BCUT2D eigenvalue weighted by molar-refractivity contribution is 6.00. The number of carbonyl (C=O) groups is 2. The maximum atomic E-state index is 12.8. The fourth-order valence-electron chi connectivity index (χ4n) is 3.33. The van der Waals surface area contributed by atoms with Crippen LogP contribution in [0.2, 0.25) is 0 Å². The number of nitrogens with one attached hydrogen (secondary N) is 2. The molecular formula is C24H24N2O6. The first-order valence-corrected chi connectivity index (χ1v) is 9.87. The summed E-state index contributed by atoms with van der Waals surface area (Å²) in [6.07, 6.45) is 1.08. The van der Waals surface area contributed by atoms with Gasteiger partial charge >= 0.3 is 6.09 Å². The number of phenolic OH excluding ortho intramolecular Hbond substituents is 1. The molecule has 0 aliphatic carbocycles. The van der Waals surface area contributed by atoms with Crippen LogP contribution in [0.5, 0.6) is 11.5 Å². The van der Waals surface area contributed by atoms with Crippen LogP contribution < -0.4 is 15.5 Å². The average Bonchev–Trinajstić information content (AvgIpc) is 2.81. The van der Waals surface area contributed by atoms with E-state index in [9.17, 15) is 14.7 Å². The van der Waals surface area contributed by atoms with Gasteiger partial charge < -0.3 is 14.6 Å². The van der Waals surface area contributed by atoms with E-state index in [4.69, 9.17) is 14.7 Å². The molecule has 0 aliphatic rings. The zero-order chi connectivity index (χ0) is 23.1. The number of ether oxygens (including phenoxy) is 2. The predicted molar refractivity (Wildman–Crippen MR) is 120 cm³/mol. The third-order valence-corrected chi connectivity index (χ3v) is 4.93. The van der Waals surface area contributed by atoms with Gasteiger partial charge in [0.15, 0.2) is 11.5 Å². The Morgan fingerprint density at radius 3 is 2.53 bits per heavy atom. The van der Waals surface area contributed by atoms with Gasteiger partial charge in [-0.3, -0.25) is 15.3 Å². The van der Waals surface area contributed by atoms with Crippen LogP contribution in [0.25, 0.3) is 10.8 Å². The fraction of sp³-hybridized carbons (Fsp3) is 0.167. The summed E-state index contributed by atoms with van der Waals surface area (Å²) >= 11 is 0. The van der Waals surface area contributed by atoms with Crippen molar-refractivity contribution in [1.82, 2.24) is 5.48 Å². The van der Waals surface area contributed by atoms with Crippen LogP contribution in [0.3, 0.4) is 0 Å². The Balaban J connectivity index is 1.87. The van der Waals surface area contributed by atoms with Crippen LogP contribution >= 0.6 is 0 Å². The smallest absolute Gasteiger partial charge is 0.412 e. The summed E-state index contributed by atoms with van der Waals surface area (Å²) in [7, 11) is 1.43. The lowest BCUT2D eigenvalue weighted by Gasteiger charge is -2.23. The molecule has 0 aromatic heterocycles. The van der Waals surface area contributed by atoms with Gasteiger partial charge in [-0.1, -0.05) is 55.5 Å². The van der Waals surface area contributed by atoms with Crippen LogP contribution in [0, 0.1) is 5.92 Å². The molecule has 2 atom stereocenters. The molecule has 0 aliphatic heterocycles. The van der Waals surface area contributed by atoms with Gasteiger partial charge in [0.2, 0.25) is 0 Å². The average molecular weight is 436 g/mol. The van der Waals surface area contributed by atoms with Crippen LogP contribution in [0.15, 0.2) is 72.8 Å². The number of benzene rings is 3. The number of phenols is 1. The normalized spacial score (nSPS) is 12.8. The topological polar surface area (TPSA) is 117 Å². The highest BCUT2D eigenvalue weighted by atomic mass is 16.6. The lowest BCUT2D eigenvalue weighted by atomic mass is 9.96. The molecule has 0 bridgehead atoms. The van der Waals surface area contributed by atoms with E-state index in [1.165, 1.54) is 24.7 Å². The zero-order valence-electron chi connectivity index (χ0n) is 17.6. The number of hydrogen-bond donors (Lipinski definition) is 4. The molecule has 0 saturated carbocycles. The first-order valence-electron chi connectivity index (χ1n) is 9.87. The molecule has 8 nitrogen and oxygen atoms in total. The Kier molecular flexibility index (Phi) is 7.30. The van der Waals surface area contributed by atoms with Crippen molar-refractivity contribution in [3.63, 3.8) is 0 Å². The maximum absolute atomic E-state index is 12.8. The van der Waals surface area contributed by atoms with Gasteiger partial charge in [-0.2, -0.15) is 0 Å². The molecule has 0 heterocycles. The van der Waals surface area contributed by atoms with Crippen LogP contribution in [-0.4, -0.2) is 29.4 Å². The molecule has 0 fully saturated rings. The number of amides is 2. The molecule has 0 spiro atoms. The molecule has 0 radical (unpaired) electrons. The molecule has 3 rings (SSSR count). The van der Waals surface area contributed by atoms with E-state index in [0.717, 1.165) is 16.8 Å². The lowest BCUT2D eigenvalue weighted by molar-refractivity contribution is -0.124. The minimum absolute atomic E-state index is 0.114. The van der Waals surface area contributed by atoms with Crippen LogP contribution in [0.4, 0.5) is 10.5 Å².